The number of amides is 1. The highest BCUT2D eigenvalue weighted by Crippen LogP contribution is 2.27. The van der Waals surface area contributed by atoms with E-state index in [2.05, 4.69) is 15.3 Å². The zero-order chi connectivity index (χ0) is 12.4. The van der Waals surface area contributed by atoms with Gasteiger partial charge in [-0.2, -0.15) is 0 Å². The second-order valence-electron chi connectivity index (χ2n) is 3.83. The molecule has 0 bridgehead atoms. The highest BCUT2D eigenvalue weighted by atomic mass is 35.5. The molecule has 1 fully saturated rings. The van der Waals surface area contributed by atoms with Crippen molar-refractivity contribution in [2.45, 2.75) is 18.9 Å². The van der Waals surface area contributed by atoms with Gasteiger partial charge >= 0.3 is 0 Å². The van der Waals surface area contributed by atoms with E-state index >= 15 is 0 Å². The lowest BCUT2D eigenvalue weighted by Crippen LogP contribution is -2.42. The monoisotopic (exact) mass is 256 g/mol. The third-order valence-electron chi connectivity index (χ3n) is 2.85. The Kier molecular flexibility index (Phi) is 3.33. The fourth-order valence-corrected chi connectivity index (χ4v) is 2.25. The van der Waals surface area contributed by atoms with Crippen LogP contribution in [0.4, 0.5) is 5.82 Å². The lowest BCUT2D eigenvalue weighted by atomic mass is 10.2. The van der Waals surface area contributed by atoms with Crippen molar-refractivity contribution in [3.05, 3.63) is 21.7 Å². The van der Waals surface area contributed by atoms with Crippen LogP contribution in [0.3, 0.4) is 0 Å². The van der Waals surface area contributed by atoms with Crippen LogP contribution in [0.2, 0.25) is 5.02 Å². The van der Waals surface area contributed by atoms with Crippen LogP contribution in [0.1, 0.15) is 12.8 Å². The molecule has 1 aliphatic rings. The first kappa shape index (κ1) is 11.9. The Morgan fingerprint density at radius 2 is 2.47 bits per heavy atom. The second-order valence-corrected chi connectivity index (χ2v) is 4.21. The first-order valence-corrected chi connectivity index (χ1v) is 5.74. The molecule has 2 N–H and O–H groups in total. The van der Waals surface area contributed by atoms with Gasteiger partial charge in [0.15, 0.2) is 5.82 Å². The van der Waals surface area contributed by atoms with E-state index in [0.29, 0.717) is 12.4 Å². The van der Waals surface area contributed by atoms with Crippen molar-refractivity contribution in [1.29, 1.82) is 0 Å². The summed E-state index contributed by atoms with van der Waals surface area (Å²) >= 11 is 5.91. The van der Waals surface area contributed by atoms with E-state index in [-0.39, 0.29) is 22.5 Å². The summed E-state index contributed by atoms with van der Waals surface area (Å²) in [7, 11) is 1.59. The number of hydrogen-bond acceptors (Lipinski definition) is 4. The Bertz CT molecular complexity index is 487. The number of nitrogens with zero attached hydrogens (tertiary/aromatic N) is 2. The summed E-state index contributed by atoms with van der Waals surface area (Å²) in [6.45, 7) is 0.675. The zero-order valence-electron chi connectivity index (χ0n) is 9.36. The van der Waals surface area contributed by atoms with Crippen molar-refractivity contribution >= 4 is 23.3 Å². The normalized spacial score (nSPS) is 19.4. The number of aromatic nitrogens is 2. The summed E-state index contributed by atoms with van der Waals surface area (Å²) in [5.74, 6) is 0.294. The molecule has 0 spiro atoms. The molecule has 2 heterocycles. The van der Waals surface area contributed by atoms with E-state index in [9.17, 15) is 9.59 Å². The van der Waals surface area contributed by atoms with E-state index in [1.807, 2.05) is 0 Å². The number of H-pyrrole nitrogens is 1. The highest BCUT2D eigenvalue weighted by Gasteiger charge is 2.32. The van der Waals surface area contributed by atoms with Crippen molar-refractivity contribution in [1.82, 2.24) is 15.3 Å². The molecular weight excluding hydrogens is 244 g/mol. The number of nitrogens with one attached hydrogen (secondary N) is 2. The van der Waals surface area contributed by atoms with Crippen LogP contribution < -0.4 is 15.8 Å². The van der Waals surface area contributed by atoms with Gasteiger partial charge in [0.05, 0.1) is 6.33 Å². The van der Waals surface area contributed by atoms with Crippen LogP contribution in [0.5, 0.6) is 0 Å². The van der Waals surface area contributed by atoms with Crippen molar-refractivity contribution in [2.75, 3.05) is 18.5 Å². The topological polar surface area (TPSA) is 78.1 Å². The number of aromatic amines is 1. The Morgan fingerprint density at radius 3 is 3.18 bits per heavy atom. The van der Waals surface area contributed by atoms with E-state index in [1.54, 1.807) is 11.9 Å². The molecule has 1 aromatic heterocycles. The minimum absolute atomic E-state index is 0.0308. The predicted molar refractivity (Wildman–Crippen MR) is 64.3 cm³/mol. The standard InChI is InChI=1S/C10H13ClN4O2/c1-12-9(16)6-3-2-4-15(6)8-7(11)10(17)14-5-13-8/h5-6H,2-4H2,1H3,(H,12,16)(H,13,14,17). The van der Waals surface area contributed by atoms with Crippen molar-refractivity contribution in [3.8, 4) is 0 Å². The van der Waals surface area contributed by atoms with Crippen molar-refractivity contribution in [3.63, 3.8) is 0 Å². The van der Waals surface area contributed by atoms with Gasteiger partial charge in [-0.05, 0) is 12.8 Å². The number of anilines is 1. The minimum Gasteiger partial charge on any atom is -0.357 e. The molecule has 6 nitrogen and oxygen atoms in total. The molecule has 1 saturated heterocycles. The summed E-state index contributed by atoms with van der Waals surface area (Å²) in [6.07, 6.45) is 2.91. The molecule has 0 saturated carbocycles. The van der Waals surface area contributed by atoms with Crippen LogP contribution in [-0.4, -0.2) is 35.5 Å². The smallest absolute Gasteiger partial charge is 0.271 e. The van der Waals surface area contributed by atoms with Gasteiger partial charge in [0, 0.05) is 13.6 Å². The third-order valence-corrected chi connectivity index (χ3v) is 3.19. The van der Waals surface area contributed by atoms with Gasteiger partial charge in [0.2, 0.25) is 5.91 Å². The van der Waals surface area contributed by atoms with Crippen LogP contribution in [0, 0.1) is 0 Å². The number of rotatable bonds is 2. The summed E-state index contributed by atoms with van der Waals surface area (Å²) in [4.78, 5) is 31.3. The van der Waals surface area contributed by atoms with Crippen LogP contribution >= 0.6 is 11.6 Å². The molecule has 2 rings (SSSR count). The van der Waals surface area contributed by atoms with Gasteiger partial charge in [-0.1, -0.05) is 11.6 Å². The SMILES string of the molecule is CNC(=O)C1CCCN1c1nc[nH]c(=O)c1Cl. The maximum atomic E-state index is 11.7. The number of carbonyl (C=O) groups excluding carboxylic acids is 1. The number of carbonyl (C=O) groups is 1. The van der Waals surface area contributed by atoms with E-state index in [4.69, 9.17) is 11.6 Å². The summed E-state index contributed by atoms with van der Waals surface area (Å²) < 4.78 is 0. The lowest BCUT2D eigenvalue weighted by molar-refractivity contribution is -0.121. The molecule has 1 unspecified atom stereocenters. The first-order valence-electron chi connectivity index (χ1n) is 5.36. The summed E-state index contributed by atoms with van der Waals surface area (Å²) in [5.41, 5.74) is -0.390. The number of likely N-dealkylation sites (N-methyl/N-ethyl adjacent to an activating group) is 1. The summed E-state index contributed by atoms with van der Waals surface area (Å²) in [6, 6.07) is -0.299. The van der Waals surface area contributed by atoms with Gasteiger partial charge in [-0.25, -0.2) is 4.98 Å². The van der Waals surface area contributed by atoms with Crippen LogP contribution in [0.15, 0.2) is 11.1 Å². The molecule has 7 heteroatoms. The molecule has 1 atom stereocenters. The largest absolute Gasteiger partial charge is 0.357 e. The van der Waals surface area contributed by atoms with E-state index in [1.165, 1.54) is 6.33 Å². The highest BCUT2D eigenvalue weighted by molar-refractivity contribution is 6.32. The first-order chi connectivity index (χ1) is 8.15. The minimum atomic E-state index is -0.390. The molecular formula is C10H13ClN4O2. The van der Waals surface area contributed by atoms with Gasteiger partial charge in [-0.15, -0.1) is 0 Å². The molecule has 1 aliphatic heterocycles. The average Bonchev–Trinajstić information content (AvgIpc) is 2.80. The Morgan fingerprint density at radius 1 is 1.71 bits per heavy atom. The zero-order valence-corrected chi connectivity index (χ0v) is 10.1. The quantitative estimate of drug-likeness (QED) is 0.789. The Balaban J connectivity index is 2.36. The molecule has 17 heavy (non-hydrogen) atoms. The molecule has 1 aromatic rings. The average molecular weight is 257 g/mol. The predicted octanol–water partition coefficient (Wildman–Crippen LogP) is 0.138. The maximum Gasteiger partial charge on any atom is 0.271 e. The van der Waals surface area contributed by atoms with E-state index < -0.39 is 0 Å². The second kappa shape index (κ2) is 4.75. The molecule has 0 radical (unpaired) electrons. The fraction of sp³-hybridized carbons (Fsp3) is 0.500. The van der Waals surface area contributed by atoms with Gasteiger partial charge < -0.3 is 15.2 Å². The third kappa shape index (κ3) is 2.12. The maximum absolute atomic E-state index is 11.7. The van der Waals surface area contributed by atoms with Crippen molar-refractivity contribution in [2.24, 2.45) is 0 Å². The number of halogens is 1. The summed E-state index contributed by atoms with van der Waals surface area (Å²) in [5, 5.41) is 2.63. The molecule has 0 aromatic carbocycles. The van der Waals surface area contributed by atoms with Crippen LogP contribution in [-0.2, 0) is 4.79 Å². The van der Waals surface area contributed by atoms with Crippen molar-refractivity contribution < 1.29 is 4.79 Å². The molecule has 0 aliphatic carbocycles. The van der Waals surface area contributed by atoms with Gasteiger partial charge in [0.1, 0.15) is 11.1 Å². The van der Waals surface area contributed by atoms with E-state index in [0.717, 1.165) is 12.8 Å². The van der Waals surface area contributed by atoms with Crippen LogP contribution in [0.25, 0.3) is 0 Å². The lowest BCUT2D eigenvalue weighted by Gasteiger charge is -2.24. The Labute approximate surface area is 103 Å². The van der Waals surface area contributed by atoms with Gasteiger partial charge in [-0.3, -0.25) is 9.59 Å². The number of hydrogen-bond donors (Lipinski definition) is 2. The van der Waals surface area contributed by atoms with Gasteiger partial charge in [0.25, 0.3) is 5.56 Å². The fourth-order valence-electron chi connectivity index (χ4n) is 2.03. The molecule has 1 amide bonds. The molecule has 92 valence electrons. The Hall–Kier alpha value is -1.56.